The van der Waals surface area contributed by atoms with Crippen molar-refractivity contribution in [3.63, 3.8) is 0 Å². The van der Waals surface area contributed by atoms with Crippen LogP contribution in [0.1, 0.15) is 65.7 Å². The van der Waals surface area contributed by atoms with Gasteiger partial charge in [0, 0.05) is 6.61 Å². The van der Waals surface area contributed by atoms with Gasteiger partial charge in [0.1, 0.15) is 0 Å². The van der Waals surface area contributed by atoms with Crippen LogP contribution in [0.3, 0.4) is 0 Å². The molecule has 1 saturated heterocycles. The molecule has 0 saturated carbocycles. The lowest BCUT2D eigenvalue weighted by Crippen LogP contribution is -2.36. The van der Waals surface area contributed by atoms with Crippen LogP contribution in [0.15, 0.2) is 0 Å². The van der Waals surface area contributed by atoms with Gasteiger partial charge in [0.15, 0.2) is 0 Å². The van der Waals surface area contributed by atoms with Crippen LogP contribution in [0.2, 0.25) is 0 Å². The van der Waals surface area contributed by atoms with E-state index in [1.165, 1.54) is 44.9 Å². The van der Waals surface area contributed by atoms with Crippen LogP contribution in [0, 0.1) is 5.92 Å². The van der Waals surface area contributed by atoms with E-state index in [9.17, 15) is 0 Å². The van der Waals surface area contributed by atoms with E-state index in [0.717, 1.165) is 12.5 Å². The molecule has 1 aliphatic rings. The number of unbranched alkanes of at least 4 members (excludes halogenated alkanes) is 3. The van der Waals surface area contributed by atoms with Gasteiger partial charge in [-0.3, -0.25) is 0 Å². The second-order valence-electron chi connectivity index (χ2n) is 5.21. The van der Waals surface area contributed by atoms with E-state index in [-0.39, 0.29) is 5.60 Å². The third kappa shape index (κ3) is 4.00. The van der Waals surface area contributed by atoms with Gasteiger partial charge in [-0.1, -0.05) is 39.5 Å². The third-order valence-corrected chi connectivity index (χ3v) is 3.40. The smallest absolute Gasteiger partial charge is 0.0657 e. The fourth-order valence-corrected chi connectivity index (χ4v) is 2.50. The van der Waals surface area contributed by atoms with Crippen molar-refractivity contribution in [2.24, 2.45) is 5.92 Å². The Morgan fingerprint density at radius 2 is 2.07 bits per heavy atom. The Balaban J connectivity index is 2.19. The summed E-state index contributed by atoms with van der Waals surface area (Å²) >= 11 is 0. The minimum absolute atomic E-state index is 0.200. The van der Waals surface area contributed by atoms with Gasteiger partial charge in [-0.2, -0.15) is 0 Å². The summed E-state index contributed by atoms with van der Waals surface area (Å²) in [7, 11) is 0. The lowest BCUT2D eigenvalue weighted by atomic mass is 9.84. The molecule has 1 heterocycles. The summed E-state index contributed by atoms with van der Waals surface area (Å²) in [5, 5.41) is 0. The Morgan fingerprint density at radius 1 is 1.29 bits per heavy atom. The molecule has 0 aromatic rings. The molecule has 1 nitrogen and oxygen atoms in total. The predicted octanol–water partition coefficient (Wildman–Crippen LogP) is 4.16. The van der Waals surface area contributed by atoms with Crippen LogP contribution in [-0.2, 0) is 4.74 Å². The molecule has 0 spiro atoms. The maximum absolute atomic E-state index is 5.92. The van der Waals surface area contributed by atoms with E-state index in [2.05, 4.69) is 20.8 Å². The zero-order chi connectivity index (χ0) is 10.4. The molecular weight excluding hydrogens is 172 g/mol. The summed E-state index contributed by atoms with van der Waals surface area (Å²) in [6, 6.07) is 0. The average molecular weight is 198 g/mol. The molecule has 1 rings (SSSR count). The van der Waals surface area contributed by atoms with E-state index in [1.54, 1.807) is 0 Å². The number of hydrogen-bond acceptors (Lipinski definition) is 1. The molecule has 2 unspecified atom stereocenters. The minimum Gasteiger partial charge on any atom is -0.375 e. The number of ether oxygens (including phenoxy) is 1. The highest BCUT2D eigenvalue weighted by molar-refractivity contribution is 4.81. The van der Waals surface area contributed by atoms with E-state index >= 15 is 0 Å². The Hall–Kier alpha value is -0.0400. The van der Waals surface area contributed by atoms with E-state index < -0.39 is 0 Å². The Kier molecular flexibility index (Phi) is 4.94. The van der Waals surface area contributed by atoms with Gasteiger partial charge in [-0.25, -0.2) is 0 Å². The van der Waals surface area contributed by atoms with Crippen molar-refractivity contribution in [3.05, 3.63) is 0 Å². The van der Waals surface area contributed by atoms with Gasteiger partial charge in [0.2, 0.25) is 0 Å². The molecule has 1 fully saturated rings. The second kappa shape index (κ2) is 5.75. The quantitative estimate of drug-likeness (QED) is 0.603. The van der Waals surface area contributed by atoms with Crippen LogP contribution in [0.4, 0.5) is 0 Å². The summed E-state index contributed by atoms with van der Waals surface area (Å²) in [5.74, 6) is 0.861. The van der Waals surface area contributed by atoms with Crippen LogP contribution in [-0.4, -0.2) is 12.2 Å². The van der Waals surface area contributed by atoms with Gasteiger partial charge in [0.05, 0.1) is 5.60 Å². The molecule has 0 N–H and O–H groups in total. The molecule has 0 aliphatic carbocycles. The molecular formula is C13H26O. The van der Waals surface area contributed by atoms with E-state index in [4.69, 9.17) is 4.74 Å². The lowest BCUT2D eigenvalue weighted by Gasteiger charge is -2.37. The van der Waals surface area contributed by atoms with Crippen LogP contribution in [0.25, 0.3) is 0 Å². The molecule has 0 aromatic heterocycles. The molecule has 1 heteroatoms. The Morgan fingerprint density at radius 3 is 2.71 bits per heavy atom. The fourth-order valence-electron chi connectivity index (χ4n) is 2.50. The SMILES string of the molecule is CCCCCCC1(C)CC(C)CCO1. The number of hydrogen-bond donors (Lipinski definition) is 0. The normalized spacial score (nSPS) is 33.2. The maximum atomic E-state index is 5.92. The monoisotopic (exact) mass is 198 g/mol. The molecule has 0 aromatic carbocycles. The summed E-state index contributed by atoms with van der Waals surface area (Å²) < 4.78 is 5.92. The molecule has 0 radical (unpaired) electrons. The highest BCUT2D eigenvalue weighted by Crippen LogP contribution is 2.32. The fraction of sp³-hybridized carbons (Fsp3) is 1.00. The van der Waals surface area contributed by atoms with E-state index in [0.29, 0.717) is 0 Å². The highest BCUT2D eigenvalue weighted by atomic mass is 16.5. The number of rotatable bonds is 5. The summed E-state index contributed by atoms with van der Waals surface area (Å²) in [6.45, 7) is 7.90. The van der Waals surface area contributed by atoms with Gasteiger partial charge in [-0.15, -0.1) is 0 Å². The van der Waals surface area contributed by atoms with Crippen molar-refractivity contribution in [1.82, 2.24) is 0 Å². The van der Waals surface area contributed by atoms with Crippen molar-refractivity contribution >= 4 is 0 Å². The van der Waals surface area contributed by atoms with Gasteiger partial charge in [-0.05, 0) is 32.1 Å². The Bertz CT molecular complexity index is 155. The molecule has 0 amide bonds. The summed E-state index contributed by atoms with van der Waals surface area (Å²) in [4.78, 5) is 0. The van der Waals surface area contributed by atoms with Crippen molar-refractivity contribution in [1.29, 1.82) is 0 Å². The van der Waals surface area contributed by atoms with Crippen LogP contribution >= 0.6 is 0 Å². The van der Waals surface area contributed by atoms with Crippen LogP contribution < -0.4 is 0 Å². The lowest BCUT2D eigenvalue weighted by molar-refractivity contribution is -0.0880. The van der Waals surface area contributed by atoms with E-state index in [1.807, 2.05) is 0 Å². The average Bonchev–Trinajstić information content (AvgIpc) is 2.12. The zero-order valence-corrected chi connectivity index (χ0v) is 10.1. The minimum atomic E-state index is 0.200. The predicted molar refractivity (Wildman–Crippen MR) is 61.5 cm³/mol. The first-order valence-electron chi connectivity index (χ1n) is 6.30. The van der Waals surface area contributed by atoms with Gasteiger partial charge < -0.3 is 4.74 Å². The largest absolute Gasteiger partial charge is 0.375 e. The molecule has 0 bridgehead atoms. The highest BCUT2D eigenvalue weighted by Gasteiger charge is 2.30. The van der Waals surface area contributed by atoms with Crippen molar-refractivity contribution in [3.8, 4) is 0 Å². The molecule has 2 atom stereocenters. The molecule has 1 aliphatic heterocycles. The van der Waals surface area contributed by atoms with Crippen molar-refractivity contribution < 1.29 is 4.74 Å². The zero-order valence-electron chi connectivity index (χ0n) is 10.1. The standard InChI is InChI=1S/C13H26O/c1-4-5-6-7-9-13(3)11-12(2)8-10-14-13/h12H,4-11H2,1-3H3. The third-order valence-electron chi connectivity index (χ3n) is 3.40. The second-order valence-corrected chi connectivity index (χ2v) is 5.21. The molecule has 14 heavy (non-hydrogen) atoms. The van der Waals surface area contributed by atoms with Crippen LogP contribution in [0.5, 0.6) is 0 Å². The first-order chi connectivity index (χ1) is 6.66. The van der Waals surface area contributed by atoms with Gasteiger partial charge >= 0.3 is 0 Å². The first-order valence-corrected chi connectivity index (χ1v) is 6.30. The van der Waals surface area contributed by atoms with Crippen molar-refractivity contribution in [2.45, 2.75) is 71.3 Å². The maximum Gasteiger partial charge on any atom is 0.0657 e. The van der Waals surface area contributed by atoms with Crippen molar-refractivity contribution in [2.75, 3.05) is 6.61 Å². The first kappa shape index (κ1) is 12.0. The van der Waals surface area contributed by atoms with Gasteiger partial charge in [0.25, 0.3) is 0 Å². The summed E-state index contributed by atoms with van der Waals surface area (Å²) in [6.07, 6.45) is 9.21. The molecule has 84 valence electrons. The topological polar surface area (TPSA) is 9.23 Å². The Labute approximate surface area is 89.2 Å². The summed E-state index contributed by atoms with van der Waals surface area (Å²) in [5.41, 5.74) is 0.200.